The zero-order chi connectivity index (χ0) is 37.4. The molecule has 0 unspecified atom stereocenters. The van der Waals surface area contributed by atoms with Crippen LogP contribution in [-0.2, 0) is 5.41 Å². The van der Waals surface area contributed by atoms with Crippen molar-refractivity contribution in [3.63, 3.8) is 0 Å². The normalized spacial score (nSPS) is 12.7. The number of hydrogen-bond donors (Lipinski definition) is 0. The van der Waals surface area contributed by atoms with Crippen LogP contribution in [0.2, 0.25) is 0 Å². The number of fused-ring (bicyclic) bond motifs is 6. The van der Waals surface area contributed by atoms with Crippen LogP contribution in [0.4, 0.5) is 0 Å². The zero-order valence-electron chi connectivity index (χ0n) is 31.3. The summed E-state index contributed by atoms with van der Waals surface area (Å²) >= 11 is 0. The fraction of sp³-hybridized carbons (Fsp3) is 0.0566. The van der Waals surface area contributed by atoms with E-state index in [2.05, 4.69) is 202 Å². The van der Waals surface area contributed by atoms with Crippen molar-refractivity contribution in [1.29, 1.82) is 0 Å². The predicted molar refractivity (Wildman–Crippen MR) is 234 cm³/mol. The average molecular weight is 717 g/mol. The lowest BCUT2D eigenvalue weighted by atomic mass is 9.34. The molecule has 0 atom stereocenters. The van der Waals surface area contributed by atoms with Gasteiger partial charge in [-0.25, -0.2) is 0 Å². The summed E-state index contributed by atoms with van der Waals surface area (Å²) in [6.45, 7) is 4.59. The molecule has 2 nitrogen and oxygen atoms in total. The van der Waals surface area contributed by atoms with Crippen molar-refractivity contribution in [2.24, 2.45) is 0 Å². The van der Waals surface area contributed by atoms with E-state index in [1.165, 1.54) is 60.4 Å². The van der Waals surface area contributed by atoms with Crippen molar-refractivity contribution in [3.8, 4) is 56.4 Å². The highest BCUT2D eigenvalue weighted by Crippen LogP contribution is 2.45. The topological polar surface area (TPSA) is 18.5 Å². The SMILES string of the molecule is CC(C)(c1ccccc1)c1ccc2c(c1)B1c3ccccc3Oc3cc(-c4cccc(-c5c6ccccc6c(-c6ccccc6)c6ccccc56)c4)cc(c31)O2. The second-order valence-electron chi connectivity index (χ2n) is 15.6. The third kappa shape index (κ3) is 5.04. The molecule has 11 rings (SSSR count). The zero-order valence-corrected chi connectivity index (χ0v) is 31.3. The van der Waals surface area contributed by atoms with Crippen LogP contribution in [0.5, 0.6) is 23.0 Å². The molecule has 0 saturated heterocycles. The van der Waals surface area contributed by atoms with E-state index in [0.717, 1.165) is 45.1 Å². The molecule has 0 N–H and O–H groups in total. The summed E-state index contributed by atoms with van der Waals surface area (Å²) in [4.78, 5) is 0. The number of rotatable bonds is 5. The number of para-hydroxylation sites is 1. The van der Waals surface area contributed by atoms with E-state index < -0.39 is 0 Å². The van der Waals surface area contributed by atoms with Crippen LogP contribution in [0.1, 0.15) is 25.0 Å². The molecule has 0 radical (unpaired) electrons. The molecule has 0 aliphatic carbocycles. The van der Waals surface area contributed by atoms with Crippen molar-refractivity contribution in [2.45, 2.75) is 19.3 Å². The standard InChI is InChI=1S/C53H37BO2/c1-53(2,38-20-7-4-8-21-38)39-28-29-47-45(33-39)54-44-26-13-14-27-46(44)55-48-31-37(32-49(56-47)52(48)54)35-18-15-19-36(30-35)51-42-24-11-9-22-40(42)50(34-16-5-3-6-17-34)41-23-10-12-25-43(41)51/h3-33H,1-2H3. The second kappa shape index (κ2) is 12.6. The first-order valence-corrected chi connectivity index (χ1v) is 19.5. The minimum Gasteiger partial charge on any atom is -0.458 e. The summed E-state index contributed by atoms with van der Waals surface area (Å²) in [5.74, 6) is 3.46. The number of ether oxygens (including phenoxy) is 2. The molecule has 0 spiro atoms. The summed E-state index contributed by atoms with van der Waals surface area (Å²) in [6.07, 6.45) is 0. The van der Waals surface area contributed by atoms with Gasteiger partial charge in [0.2, 0.25) is 0 Å². The number of hydrogen-bond acceptors (Lipinski definition) is 2. The highest BCUT2D eigenvalue weighted by atomic mass is 16.5. The van der Waals surface area contributed by atoms with Gasteiger partial charge in [-0.3, -0.25) is 0 Å². The first-order chi connectivity index (χ1) is 27.5. The first-order valence-electron chi connectivity index (χ1n) is 19.5. The Hall–Kier alpha value is -6.84. The van der Waals surface area contributed by atoms with Crippen molar-refractivity contribution in [1.82, 2.24) is 0 Å². The molecule has 9 aromatic rings. The minimum absolute atomic E-state index is 0.0125. The molecule has 264 valence electrons. The van der Waals surface area contributed by atoms with E-state index >= 15 is 0 Å². The van der Waals surface area contributed by atoms with Crippen molar-refractivity contribution in [3.05, 3.63) is 199 Å². The van der Waals surface area contributed by atoms with Crippen molar-refractivity contribution < 1.29 is 9.47 Å². The van der Waals surface area contributed by atoms with Gasteiger partial charge in [0.05, 0.1) is 0 Å². The molecule has 2 heterocycles. The monoisotopic (exact) mass is 716 g/mol. The Morgan fingerprint density at radius 3 is 1.54 bits per heavy atom. The Morgan fingerprint density at radius 1 is 0.357 bits per heavy atom. The van der Waals surface area contributed by atoms with Gasteiger partial charge in [-0.2, -0.15) is 0 Å². The van der Waals surface area contributed by atoms with Crippen LogP contribution < -0.4 is 25.9 Å². The Kier molecular flexibility index (Phi) is 7.34. The molecule has 9 aromatic carbocycles. The molecular weight excluding hydrogens is 679 g/mol. The molecule has 2 aliphatic rings. The van der Waals surface area contributed by atoms with E-state index in [9.17, 15) is 0 Å². The average Bonchev–Trinajstić information content (AvgIpc) is 3.25. The predicted octanol–water partition coefficient (Wildman–Crippen LogP) is 12.0. The van der Waals surface area contributed by atoms with E-state index in [1.54, 1.807) is 0 Å². The summed E-state index contributed by atoms with van der Waals surface area (Å²) in [5, 5.41) is 4.97. The van der Waals surface area contributed by atoms with E-state index in [4.69, 9.17) is 9.47 Å². The fourth-order valence-electron chi connectivity index (χ4n) is 9.24. The van der Waals surface area contributed by atoms with Crippen molar-refractivity contribution >= 4 is 44.6 Å². The van der Waals surface area contributed by atoms with Crippen LogP contribution >= 0.6 is 0 Å². The molecule has 0 amide bonds. The maximum Gasteiger partial charge on any atom is 0.260 e. The maximum atomic E-state index is 6.88. The fourth-order valence-corrected chi connectivity index (χ4v) is 9.24. The Morgan fingerprint density at radius 2 is 0.875 bits per heavy atom. The van der Waals surface area contributed by atoms with Gasteiger partial charge in [-0.15, -0.1) is 0 Å². The summed E-state index contributed by atoms with van der Waals surface area (Å²) in [7, 11) is 0. The molecule has 56 heavy (non-hydrogen) atoms. The minimum atomic E-state index is -0.183. The second-order valence-corrected chi connectivity index (χ2v) is 15.6. The highest BCUT2D eigenvalue weighted by molar-refractivity contribution is 6.98. The van der Waals surface area contributed by atoms with E-state index in [1.807, 2.05) is 0 Å². The van der Waals surface area contributed by atoms with Crippen LogP contribution in [-0.4, -0.2) is 6.71 Å². The largest absolute Gasteiger partial charge is 0.458 e. The van der Waals surface area contributed by atoms with Gasteiger partial charge in [0.15, 0.2) is 0 Å². The molecule has 0 saturated carbocycles. The Labute approximate surface area is 327 Å². The van der Waals surface area contributed by atoms with Crippen molar-refractivity contribution in [2.75, 3.05) is 0 Å². The van der Waals surface area contributed by atoms with Gasteiger partial charge in [0.1, 0.15) is 23.0 Å². The summed E-state index contributed by atoms with van der Waals surface area (Å²) < 4.78 is 13.7. The van der Waals surface area contributed by atoms with Gasteiger partial charge in [-0.05, 0) is 107 Å². The van der Waals surface area contributed by atoms with E-state index in [0.29, 0.717) is 0 Å². The van der Waals surface area contributed by atoms with E-state index in [-0.39, 0.29) is 12.1 Å². The van der Waals surface area contributed by atoms with Crippen LogP contribution in [0.15, 0.2) is 188 Å². The first kappa shape index (κ1) is 32.6. The molecular formula is C53H37BO2. The molecule has 2 aliphatic heterocycles. The maximum absolute atomic E-state index is 6.88. The molecule has 3 heteroatoms. The van der Waals surface area contributed by atoms with Gasteiger partial charge in [0.25, 0.3) is 6.71 Å². The number of benzene rings is 9. The molecule has 0 aromatic heterocycles. The Bertz CT molecular complexity index is 2930. The third-order valence-electron chi connectivity index (χ3n) is 12.1. The lowest BCUT2D eigenvalue weighted by molar-refractivity contribution is 0.464. The summed E-state index contributed by atoms with van der Waals surface area (Å²) in [6, 6.07) is 67.8. The van der Waals surface area contributed by atoms with Crippen LogP contribution in [0, 0.1) is 0 Å². The quantitative estimate of drug-likeness (QED) is 0.130. The smallest absolute Gasteiger partial charge is 0.260 e. The van der Waals surface area contributed by atoms with Gasteiger partial charge in [-0.1, -0.05) is 172 Å². The Balaban J connectivity index is 1.06. The molecule has 0 bridgehead atoms. The lowest BCUT2D eigenvalue weighted by Crippen LogP contribution is -2.57. The lowest BCUT2D eigenvalue weighted by Gasteiger charge is -2.35. The van der Waals surface area contributed by atoms with Gasteiger partial charge in [0, 0.05) is 10.9 Å². The summed E-state index contributed by atoms with van der Waals surface area (Å²) in [5.41, 5.74) is 12.8. The molecule has 0 fully saturated rings. The van der Waals surface area contributed by atoms with Gasteiger partial charge < -0.3 is 9.47 Å². The van der Waals surface area contributed by atoms with Gasteiger partial charge >= 0.3 is 0 Å². The third-order valence-corrected chi connectivity index (χ3v) is 12.1. The van der Waals surface area contributed by atoms with Crippen LogP contribution in [0.3, 0.4) is 0 Å². The highest BCUT2D eigenvalue weighted by Gasteiger charge is 2.41. The van der Waals surface area contributed by atoms with Crippen LogP contribution in [0.25, 0.3) is 54.9 Å².